The quantitative estimate of drug-likeness (QED) is 0.879. The number of benzene rings is 1. The monoisotopic (exact) mass is 371 g/mol. The highest BCUT2D eigenvalue weighted by Crippen LogP contribution is 2.17. The Hall–Kier alpha value is -2.34. The molecule has 0 unspecified atom stereocenters. The second-order valence-corrected chi connectivity index (χ2v) is 7.77. The van der Waals surface area contributed by atoms with Crippen LogP contribution in [0.15, 0.2) is 47.8 Å². The molecule has 1 aliphatic rings. The van der Waals surface area contributed by atoms with Crippen LogP contribution in [0.4, 0.5) is 5.69 Å². The van der Waals surface area contributed by atoms with Crippen molar-refractivity contribution in [3.8, 4) is 0 Å². The summed E-state index contributed by atoms with van der Waals surface area (Å²) in [5, 5.41) is 4.79. The van der Waals surface area contributed by atoms with Crippen molar-refractivity contribution in [2.75, 3.05) is 31.1 Å². The predicted molar refractivity (Wildman–Crippen MR) is 106 cm³/mol. The standard InChI is InChI=1S/C20H25N3O2S/c1-15(2)18(21-19(24)17-9-6-14-26-17)20(25)23-12-10-22(11-13-23)16-7-4-3-5-8-16/h3-9,14-15,18H,10-13H2,1-2H3,(H,21,24)/t18-/m1/s1. The van der Waals surface area contributed by atoms with E-state index in [-0.39, 0.29) is 17.7 Å². The van der Waals surface area contributed by atoms with Crippen molar-refractivity contribution < 1.29 is 9.59 Å². The summed E-state index contributed by atoms with van der Waals surface area (Å²) in [6.07, 6.45) is 0. The molecule has 2 aromatic rings. The average Bonchev–Trinajstić information content (AvgIpc) is 3.21. The van der Waals surface area contributed by atoms with E-state index in [1.165, 1.54) is 17.0 Å². The summed E-state index contributed by atoms with van der Waals surface area (Å²) < 4.78 is 0. The molecule has 1 saturated heterocycles. The third-order valence-corrected chi connectivity index (χ3v) is 5.55. The fourth-order valence-electron chi connectivity index (χ4n) is 3.15. The van der Waals surface area contributed by atoms with Crippen LogP contribution < -0.4 is 10.2 Å². The number of hydrogen-bond acceptors (Lipinski definition) is 4. The van der Waals surface area contributed by atoms with Crippen LogP contribution in [0.5, 0.6) is 0 Å². The molecule has 0 bridgehead atoms. The molecule has 26 heavy (non-hydrogen) atoms. The molecule has 6 heteroatoms. The average molecular weight is 372 g/mol. The molecule has 1 N–H and O–H groups in total. The molecule has 2 heterocycles. The van der Waals surface area contributed by atoms with E-state index in [1.807, 2.05) is 48.4 Å². The number of thiophene rings is 1. The van der Waals surface area contributed by atoms with Gasteiger partial charge in [-0.1, -0.05) is 38.1 Å². The molecule has 1 aromatic heterocycles. The van der Waals surface area contributed by atoms with Gasteiger partial charge in [0.15, 0.2) is 0 Å². The zero-order valence-corrected chi connectivity index (χ0v) is 16.0. The highest BCUT2D eigenvalue weighted by atomic mass is 32.1. The third-order valence-electron chi connectivity index (χ3n) is 4.68. The molecule has 138 valence electrons. The molecule has 3 rings (SSSR count). The molecule has 5 nitrogen and oxygen atoms in total. The van der Waals surface area contributed by atoms with Crippen LogP contribution in [0.2, 0.25) is 0 Å². The lowest BCUT2D eigenvalue weighted by molar-refractivity contribution is -0.134. The minimum absolute atomic E-state index is 0.0117. The van der Waals surface area contributed by atoms with Gasteiger partial charge in [0.1, 0.15) is 6.04 Å². The third kappa shape index (κ3) is 4.25. The van der Waals surface area contributed by atoms with Gasteiger partial charge >= 0.3 is 0 Å². The van der Waals surface area contributed by atoms with Gasteiger partial charge in [-0.25, -0.2) is 0 Å². The predicted octanol–water partition coefficient (Wildman–Crippen LogP) is 2.85. The lowest BCUT2D eigenvalue weighted by Crippen LogP contribution is -2.56. The van der Waals surface area contributed by atoms with Crippen LogP contribution in [0.3, 0.4) is 0 Å². The Kier molecular flexibility index (Phi) is 5.93. The first-order valence-electron chi connectivity index (χ1n) is 8.99. The Labute approximate surface area is 158 Å². The second-order valence-electron chi connectivity index (χ2n) is 6.82. The number of nitrogens with one attached hydrogen (secondary N) is 1. The van der Waals surface area contributed by atoms with Gasteiger partial charge in [0.25, 0.3) is 5.91 Å². The maximum Gasteiger partial charge on any atom is 0.262 e. The topological polar surface area (TPSA) is 52.7 Å². The maximum atomic E-state index is 13.0. The first-order valence-corrected chi connectivity index (χ1v) is 9.87. The zero-order valence-electron chi connectivity index (χ0n) is 15.2. The van der Waals surface area contributed by atoms with Crippen molar-refractivity contribution in [1.29, 1.82) is 0 Å². The minimum atomic E-state index is -0.493. The van der Waals surface area contributed by atoms with E-state index in [0.717, 1.165) is 13.1 Å². The summed E-state index contributed by atoms with van der Waals surface area (Å²) in [6, 6.07) is 13.4. The number of carbonyl (C=O) groups excluding carboxylic acids is 2. The molecule has 2 amide bonds. The number of piperazine rings is 1. The lowest BCUT2D eigenvalue weighted by Gasteiger charge is -2.38. The van der Waals surface area contributed by atoms with Gasteiger partial charge in [-0.3, -0.25) is 9.59 Å². The summed E-state index contributed by atoms with van der Waals surface area (Å²) in [5.41, 5.74) is 1.19. The molecular weight excluding hydrogens is 346 g/mol. The van der Waals surface area contributed by atoms with Crippen molar-refractivity contribution >= 4 is 28.8 Å². The normalized spacial score (nSPS) is 15.8. The summed E-state index contributed by atoms with van der Waals surface area (Å²) in [6.45, 7) is 6.89. The number of anilines is 1. The minimum Gasteiger partial charge on any atom is -0.368 e. The van der Waals surface area contributed by atoms with Crippen molar-refractivity contribution in [2.24, 2.45) is 5.92 Å². The highest BCUT2D eigenvalue weighted by Gasteiger charge is 2.31. The van der Waals surface area contributed by atoms with Crippen LogP contribution >= 0.6 is 11.3 Å². The Morgan fingerprint density at radius 1 is 1.00 bits per heavy atom. The molecule has 1 atom stereocenters. The lowest BCUT2D eigenvalue weighted by atomic mass is 10.0. The molecule has 0 aliphatic carbocycles. The molecule has 0 spiro atoms. The number of hydrogen-bond donors (Lipinski definition) is 1. The molecule has 1 fully saturated rings. The molecule has 1 aliphatic heterocycles. The van der Waals surface area contributed by atoms with Crippen LogP contribution in [0.25, 0.3) is 0 Å². The van der Waals surface area contributed by atoms with E-state index in [1.54, 1.807) is 6.07 Å². The number of amides is 2. The van der Waals surface area contributed by atoms with Crippen molar-refractivity contribution in [1.82, 2.24) is 10.2 Å². The Morgan fingerprint density at radius 3 is 2.27 bits per heavy atom. The van der Waals surface area contributed by atoms with Gasteiger partial charge in [-0.15, -0.1) is 11.3 Å². The Morgan fingerprint density at radius 2 is 1.69 bits per heavy atom. The molecule has 0 saturated carbocycles. The van der Waals surface area contributed by atoms with Crippen LogP contribution in [-0.2, 0) is 4.79 Å². The SMILES string of the molecule is CC(C)[C@@H](NC(=O)c1cccs1)C(=O)N1CCN(c2ccccc2)CC1. The fraction of sp³-hybridized carbons (Fsp3) is 0.400. The zero-order chi connectivity index (χ0) is 18.5. The van der Waals surface area contributed by atoms with Crippen LogP contribution in [0, 0.1) is 5.92 Å². The first-order chi connectivity index (χ1) is 12.6. The summed E-state index contributed by atoms with van der Waals surface area (Å²) in [4.78, 5) is 30.1. The van der Waals surface area contributed by atoms with E-state index < -0.39 is 6.04 Å². The highest BCUT2D eigenvalue weighted by molar-refractivity contribution is 7.12. The van der Waals surface area contributed by atoms with Gasteiger partial charge in [0.2, 0.25) is 5.91 Å². The second kappa shape index (κ2) is 8.36. The largest absolute Gasteiger partial charge is 0.368 e. The number of carbonyl (C=O) groups is 2. The van der Waals surface area contributed by atoms with Gasteiger partial charge in [-0.2, -0.15) is 0 Å². The smallest absolute Gasteiger partial charge is 0.262 e. The summed E-state index contributed by atoms with van der Waals surface area (Å²) in [5.74, 6) is -0.119. The van der Waals surface area contributed by atoms with Crippen molar-refractivity contribution in [3.63, 3.8) is 0 Å². The number of nitrogens with zero attached hydrogens (tertiary/aromatic N) is 2. The Balaban J connectivity index is 1.60. The molecule has 0 radical (unpaired) electrons. The van der Waals surface area contributed by atoms with E-state index in [2.05, 4.69) is 22.3 Å². The van der Waals surface area contributed by atoms with E-state index in [4.69, 9.17) is 0 Å². The van der Waals surface area contributed by atoms with E-state index >= 15 is 0 Å². The molecule has 1 aromatic carbocycles. The summed E-state index contributed by atoms with van der Waals surface area (Å²) >= 11 is 1.39. The number of rotatable bonds is 5. The van der Waals surface area contributed by atoms with Gasteiger partial charge in [0, 0.05) is 31.9 Å². The number of para-hydroxylation sites is 1. The van der Waals surface area contributed by atoms with Gasteiger partial charge in [0.05, 0.1) is 4.88 Å². The molecular formula is C20H25N3O2S. The summed E-state index contributed by atoms with van der Waals surface area (Å²) in [7, 11) is 0. The van der Waals surface area contributed by atoms with E-state index in [0.29, 0.717) is 18.0 Å². The van der Waals surface area contributed by atoms with Gasteiger partial charge in [-0.05, 0) is 29.5 Å². The van der Waals surface area contributed by atoms with Crippen molar-refractivity contribution in [2.45, 2.75) is 19.9 Å². The fourth-order valence-corrected chi connectivity index (χ4v) is 3.78. The Bertz CT molecular complexity index is 723. The van der Waals surface area contributed by atoms with Crippen LogP contribution in [0.1, 0.15) is 23.5 Å². The van der Waals surface area contributed by atoms with E-state index in [9.17, 15) is 9.59 Å². The van der Waals surface area contributed by atoms with Crippen molar-refractivity contribution in [3.05, 3.63) is 52.7 Å². The van der Waals surface area contributed by atoms with Gasteiger partial charge < -0.3 is 15.1 Å². The maximum absolute atomic E-state index is 13.0. The van der Waals surface area contributed by atoms with Crippen LogP contribution in [-0.4, -0.2) is 48.9 Å². The first kappa shape index (κ1) is 18.5.